The van der Waals surface area contributed by atoms with Crippen molar-refractivity contribution in [1.82, 2.24) is 5.32 Å². The van der Waals surface area contributed by atoms with Crippen LogP contribution in [0.3, 0.4) is 0 Å². The molecule has 1 aromatic heterocycles. The number of thiophene rings is 1. The van der Waals surface area contributed by atoms with Crippen LogP contribution in [-0.2, 0) is 9.59 Å². The highest BCUT2D eigenvalue weighted by atomic mass is 32.1. The SMILES string of the molecule is CC(=O)NCCC(=O)Nc1cccs1. The summed E-state index contributed by atoms with van der Waals surface area (Å²) in [5.74, 6) is -0.199. The zero-order valence-electron chi connectivity index (χ0n) is 7.87. The summed E-state index contributed by atoms with van der Waals surface area (Å²) >= 11 is 1.47. The Kier molecular flexibility index (Phi) is 4.12. The van der Waals surface area contributed by atoms with Crippen molar-refractivity contribution in [1.29, 1.82) is 0 Å². The molecule has 0 fully saturated rings. The average molecular weight is 212 g/mol. The van der Waals surface area contributed by atoms with Crippen LogP contribution in [0.4, 0.5) is 5.00 Å². The van der Waals surface area contributed by atoms with E-state index in [-0.39, 0.29) is 11.8 Å². The Morgan fingerprint density at radius 3 is 2.86 bits per heavy atom. The average Bonchev–Trinajstić information content (AvgIpc) is 2.56. The second-order valence-electron chi connectivity index (χ2n) is 2.76. The summed E-state index contributed by atoms with van der Waals surface area (Å²) in [7, 11) is 0. The van der Waals surface area contributed by atoms with Crippen molar-refractivity contribution < 1.29 is 9.59 Å². The van der Waals surface area contributed by atoms with Gasteiger partial charge in [-0.15, -0.1) is 11.3 Å². The molecule has 0 spiro atoms. The van der Waals surface area contributed by atoms with Crippen LogP contribution in [-0.4, -0.2) is 18.4 Å². The van der Waals surface area contributed by atoms with Crippen molar-refractivity contribution in [3.05, 3.63) is 17.5 Å². The quantitative estimate of drug-likeness (QED) is 0.788. The van der Waals surface area contributed by atoms with Gasteiger partial charge in [-0.05, 0) is 17.5 Å². The first-order valence-corrected chi connectivity index (χ1v) is 5.14. The third-order valence-corrected chi connectivity index (χ3v) is 2.30. The van der Waals surface area contributed by atoms with Gasteiger partial charge in [0.05, 0.1) is 5.00 Å². The van der Waals surface area contributed by atoms with E-state index >= 15 is 0 Å². The van der Waals surface area contributed by atoms with E-state index in [1.807, 2.05) is 17.5 Å². The lowest BCUT2D eigenvalue weighted by atomic mass is 10.4. The Balaban J connectivity index is 2.20. The Morgan fingerprint density at radius 1 is 1.50 bits per heavy atom. The molecule has 0 aliphatic carbocycles. The van der Waals surface area contributed by atoms with Gasteiger partial charge >= 0.3 is 0 Å². The molecule has 0 aliphatic rings. The van der Waals surface area contributed by atoms with E-state index in [1.54, 1.807) is 0 Å². The predicted molar refractivity (Wildman–Crippen MR) is 56.2 cm³/mol. The maximum absolute atomic E-state index is 11.2. The van der Waals surface area contributed by atoms with Crippen molar-refractivity contribution in [3.63, 3.8) is 0 Å². The molecule has 1 rings (SSSR count). The first-order valence-electron chi connectivity index (χ1n) is 4.26. The van der Waals surface area contributed by atoms with Crippen LogP contribution in [0, 0.1) is 0 Å². The van der Waals surface area contributed by atoms with Crippen LogP contribution in [0.2, 0.25) is 0 Å². The van der Waals surface area contributed by atoms with E-state index in [1.165, 1.54) is 18.3 Å². The summed E-state index contributed by atoms with van der Waals surface area (Å²) < 4.78 is 0. The molecule has 2 amide bonds. The first kappa shape index (κ1) is 10.7. The molecular weight excluding hydrogens is 200 g/mol. The van der Waals surface area contributed by atoms with Gasteiger partial charge in [0.2, 0.25) is 11.8 Å². The van der Waals surface area contributed by atoms with Crippen LogP contribution in [0.1, 0.15) is 13.3 Å². The molecule has 0 aromatic carbocycles. The zero-order valence-corrected chi connectivity index (χ0v) is 8.69. The Morgan fingerprint density at radius 2 is 2.29 bits per heavy atom. The van der Waals surface area contributed by atoms with E-state index in [4.69, 9.17) is 0 Å². The highest BCUT2D eigenvalue weighted by Gasteiger charge is 2.02. The lowest BCUT2D eigenvalue weighted by Gasteiger charge is -2.02. The lowest BCUT2D eigenvalue weighted by Crippen LogP contribution is -2.25. The van der Waals surface area contributed by atoms with E-state index in [0.29, 0.717) is 13.0 Å². The second kappa shape index (κ2) is 5.39. The smallest absolute Gasteiger partial charge is 0.226 e. The number of amides is 2. The summed E-state index contributed by atoms with van der Waals surface area (Å²) in [5, 5.41) is 8.01. The third-order valence-electron chi connectivity index (χ3n) is 1.51. The number of rotatable bonds is 4. The number of nitrogens with one attached hydrogen (secondary N) is 2. The molecule has 1 heterocycles. The van der Waals surface area contributed by atoms with E-state index in [0.717, 1.165) is 5.00 Å². The summed E-state index contributed by atoms with van der Waals surface area (Å²) in [4.78, 5) is 21.7. The predicted octanol–water partition coefficient (Wildman–Crippen LogP) is 1.21. The Labute approximate surface area is 86.3 Å². The van der Waals surface area contributed by atoms with Gasteiger partial charge in [0.1, 0.15) is 0 Å². The summed E-state index contributed by atoms with van der Waals surface area (Å²) in [6.45, 7) is 1.81. The minimum atomic E-state index is -0.117. The van der Waals surface area contributed by atoms with Gasteiger partial charge in [-0.25, -0.2) is 0 Å². The van der Waals surface area contributed by atoms with Crippen molar-refractivity contribution >= 4 is 28.2 Å². The van der Waals surface area contributed by atoms with Crippen LogP contribution >= 0.6 is 11.3 Å². The molecule has 1 aromatic rings. The third kappa shape index (κ3) is 4.04. The molecule has 0 radical (unpaired) electrons. The zero-order chi connectivity index (χ0) is 10.4. The molecule has 0 aliphatic heterocycles. The highest BCUT2D eigenvalue weighted by molar-refractivity contribution is 7.14. The normalized spacial score (nSPS) is 9.50. The molecule has 4 nitrogen and oxygen atoms in total. The summed E-state index contributed by atoms with van der Waals surface area (Å²) in [6, 6.07) is 3.70. The van der Waals surface area contributed by atoms with Crippen molar-refractivity contribution in [2.75, 3.05) is 11.9 Å². The maximum atomic E-state index is 11.2. The fraction of sp³-hybridized carbons (Fsp3) is 0.333. The second-order valence-corrected chi connectivity index (χ2v) is 3.71. The standard InChI is InChI=1S/C9H12N2O2S/c1-7(12)10-5-4-8(13)11-9-3-2-6-14-9/h2-3,6H,4-5H2,1H3,(H,10,12)(H,11,13). The van der Waals surface area contributed by atoms with Gasteiger partial charge in [-0.3, -0.25) is 9.59 Å². The molecule has 2 N–H and O–H groups in total. The molecule has 0 saturated heterocycles. The van der Waals surface area contributed by atoms with Crippen LogP contribution in [0.15, 0.2) is 17.5 Å². The summed E-state index contributed by atoms with van der Waals surface area (Å²) in [6.07, 6.45) is 0.303. The molecule has 14 heavy (non-hydrogen) atoms. The lowest BCUT2D eigenvalue weighted by molar-refractivity contribution is -0.119. The van der Waals surface area contributed by atoms with Gasteiger partial charge in [0, 0.05) is 19.9 Å². The van der Waals surface area contributed by atoms with Crippen LogP contribution in [0.25, 0.3) is 0 Å². The number of hydrogen-bond donors (Lipinski definition) is 2. The van der Waals surface area contributed by atoms with E-state index < -0.39 is 0 Å². The van der Waals surface area contributed by atoms with Gasteiger partial charge in [0.15, 0.2) is 0 Å². The molecule has 0 saturated carbocycles. The van der Waals surface area contributed by atoms with E-state index in [9.17, 15) is 9.59 Å². The fourth-order valence-corrected chi connectivity index (χ4v) is 1.54. The minimum Gasteiger partial charge on any atom is -0.356 e. The topological polar surface area (TPSA) is 58.2 Å². The molecule has 0 bridgehead atoms. The van der Waals surface area contributed by atoms with Crippen molar-refractivity contribution in [2.45, 2.75) is 13.3 Å². The number of hydrogen-bond acceptors (Lipinski definition) is 3. The summed E-state index contributed by atoms with van der Waals surface area (Å²) in [5.41, 5.74) is 0. The number of carbonyl (C=O) groups is 2. The van der Waals surface area contributed by atoms with Crippen LogP contribution < -0.4 is 10.6 Å². The first-order chi connectivity index (χ1) is 6.68. The monoisotopic (exact) mass is 212 g/mol. The molecule has 5 heteroatoms. The maximum Gasteiger partial charge on any atom is 0.226 e. The molecular formula is C9H12N2O2S. The van der Waals surface area contributed by atoms with Gasteiger partial charge in [-0.2, -0.15) is 0 Å². The Hall–Kier alpha value is -1.36. The van der Waals surface area contributed by atoms with E-state index in [2.05, 4.69) is 10.6 Å². The van der Waals surface area contributed by atoms with Gasteiger partial charge in [-0.1, -0.05) is 0 Å². The highest BCUT2D eigenvalue weighted by Crippen LogP contribution is 2.14. The van der Waals surface area contributed by atoms with Crippen molar-refractivity contribution in [2.24, 2.45) is 0 Å². The van der Waals surface area contributed by atoms with Gasteiger partial charge < -0.3 is 10.6 Å². The fourth-order valence-electron chi connectivity index (χ4n) is 0.902. The van der Waals surface area contributed by atoms with Gasteiger partial charge in [0.25, 0.3) is 0 Å². The molecule has 0 unspecified atom stereocenters. The largest absolute Gasteiger partial charge is 0.356 e. The minimum absolute atomic E-state index is 0.0822. The molecule has 76 valence electrons. The molecule has 0 atom stereocenters. The number of carbonyl (C=O) groups excluding carboxylic acids is 2. The number of anilines is 1. The Bertz CT molecular complexity index is 309. The van der Waals surface area contributed by atoms with Crippen LogP contribution in [0.5, 0.6) is 0 Å². The van der Waals surface area contributed by atoms with Crippen molar-refractivity contribution in [3.8, 4) is 0 Å².